The van der Waals surface area contributed by atoms with Gasteiger partial charge in [-0.1, -0.05) is 24.8 Å². The summed E-state index contributed by atoms with van der Waals surface area (Å²) in [5, 5.41) is 1.14. The Morgan fingerprint density at radius 1 is 1.32 bits per heavy atom. The lowest BCUT2D eigenvalue weighted by atomic mass is 9.93. The number of H-pyrrole nitrogens is 1. The molecule has 4 rings (SSSR count). The Hall–Kier alpha value is -2.56. The van der Waals surface area contributed by atoms with Crippen LogP contribution in [-0.4, -0.2) is 32.8 Å². The van der Waals surface area contributed by atoms with Crippen LogP contribution in [0.3, 0.4) is 0 Å². The largest absolute Gasteiger partial charge is 0.356 e. The van der Waals surface area contributed by atoms with Crippen molar-refractivity contribution in [3.05, 3.63) is 47.8 Å². The van der Waals surface area contributed by atoms with Crippen molar-refractivity contribution >= 4 is 22.8 Å². The van der Waals surface area contributed by atoms with Gasteiger partial charge < -0.3 is 9.88 Å². The van der Waals surface area contributed by atoms with Gasteiger partial charge in [0.2, 0.25) is 0 Å². The summed E-state index contributed by atoms with van der Waals surface area (Å²) in [7, 11) is 0. The highest BCUT2D eigenvalue weighted by molar-refractivity contribution is 6.07. The van der Waals surface area contributed by atoms with E-state index < -0.39 is 6.04 Å². The lowest BCUT2D eigenvalue weighted by Crippen LogP contribution is -2.42. The van der Waals surface area contributed by atoms with Gasteiger partial charge in [0.15, 0.2) is 0 Å². The van der Waals surface area contributed by atoms with E-state index in [1.54, 1.807) is 11.8 Å². The highest BCUT2D eigenvalue weighted by Gasteiger charge is 2.51. The molecule has 0 spiro atoms. The molecule has 112 valence electrons. The number of rotatable bonds is 1. The number of carbonyl (C=O) groups excluding carboxylic acids is 2. The summed E-state index contributed by atoms with van der Waals surface area (Å²) in [6.07, 6.45) is 0.554. The van der Waals surface area contributed by atoms with E-state index in [9.17, 15) is 9.59 Å². The maximum atomic E-state index is 12.6. The predicted molar refractivity (Wildman–Crippen MR) is 83.1 cm³/mol. The molecule has 5 nitrogen and oxygen atoms in total. The summed E-state index contributed by atoms with van der Waals surface area (Å²) in [6.45, 7) is 7.41. The van der Waals surface area contributed by atoms with Gasteiger partial charge in [-0.25, -0.2) is 9.69 Å². The Morgan fingerprint density at radius 2 is 2.05 bits per heavy atom. The van der Waals surface area contributed by atoms with Gasteiger partial charge in [-0.05, 0) is 25.5 Å². The molecule has 1 aromatic carbocycles. The summed E-state index contributed by atoms with van der Waals surface area (Å²) < 4.78 is 0. The molecule has 22 heavy (non-hydrogen) atoms. The van der Waals surface area contributed by atoms with Crippen LogP contribution in [0, 0.1) is 0 Å². The standard InChI is InChI=1S/C17H17N3O2/c1-9(2)19-16(21)14-8-12-11-6-4-5-7-13(11)18-15(12)10(3)20(14)17(19)22/h4-7,10,14,18H,1,8H2,2-3H3. The van der Waals surface area contributed by atoms with Gasteiger partial charge >= 0.3 is 6.03 Å². The second-order valence-corrected chi connectivity index (χ2v) is 6.06. The first kappa shape index (κ1) is 13.1. The number of amides is 3. The molecule has 0 saturated carbocycles. The number of fused-ring (bicyclic) bond motifs is 4. The van der Waals surface area contributed by atoms with Crippen LogP contribution in [0.25, 0.3) is 10.9 Å². The summed E-state index contributed by atoms with van der Waals surface area (Å²) in [5.41, 5.74) is 3.71. The van der Waals surface area contributed by atoms with E-state index >= 15 is 0 Å². The fourth-order valence-electron chi connectivity index (χ4n) is 3.71. The van der Waals surface area contributed by atoms with E-state index in [0.717, 1.165) is 22.2 Å². The summed E-state index contributed by atoms with van der Waals surface area (Å²) in [5.74, 6) is -0.166. The van der Waals surface area contributed by atoms with Gasteiger partial charge in [-0.2, -0.15) is 0 Å². The number of aromatic amines is 1. The molecule has 3 heterocycles. The number of carbonyl (C=O) groups is 2. The minimum absolute atomic E-state index is 0.151. The van der Waals surface area contributed by atoms with Gasteiger partial charge in [0.05, 0.1) is 6.04 Å². The molecular formula is C17H17N3O2. The van der Waals surface area contributed by atoms with Gasteiger partial charge in [0.25, 0.3) is 5.91 Å². The summed E-state index contributed by atoms with van der Waals surface area (Å²) >= 11 is 0. The van der Waals surface area contributed by atoms with Crippen molar-refractivity contribution in [1.82, 2.24) is 14.8 Å². The number of allylic oxidation sites excluding steroid dienone is 1. The van der Waals surface area contributed by atoms with E-state index in [-0.39, 0.29) is 18.0 Å². The van der Waals surface area contributed by atoms with Crippen molar-refractivity contribution in [1.29, 1.82) is 0 Å². The Morgan fingerprint density at radius 3 is 2.77 bits per heavy atom. The molecule has 3 amide bonds. The minimum atomic E-state index is -0.425. The first-order chi connectivity index (χ1) is 10.5. The molecular weight excluding hydrogens is 278 g/mol. The van der Waals surface area contributed by atoms with Crippen LogP contribution in [0.2, 0.25) is 0 Å². The van der Waals surface area contributed by atoms with E-state index in [4.69, 9.17) is 0 Å². The molecule has 2 aliphatic heterocycles. The van der Waals surface area contributed by atoms with E-state index in [0.29, 0.717) is 12.1 Å². The van der Waals surface area contributed by atoms with Crippen LogP contribution in [-0.2, 0) is 11.2 Å². The molecule has 1 aromatic heterocycles. The van der Waals surface area contributed by atoms with Crippen LogP contribution in [0.1, 0.15) is 31.1 Å². The fraction of sp³-hybridized carbons (Fsp3) is 0.294. The number of urea groups is 1. The van der Waals surface area contributed by atoms with Crippen molar-refractivity contribution < 1.29 is 9.59 Å². The second-order valence-electron chi connectivity index (χ2n) is 6.06. The summed E-state index contributed by atoms with van der Waals surface area (Å²) in [4.78, 5) is 31.5. The maximum Gasteiger partial charge on any atom is 0.332 e. The summed E-state index contributed by atoms with van der Waals surface area (Å²) in [6, 6.07) is 7.22. The van der Waals surface area contributed by atoms with Crippen LogP contribution >= 0.6 is 0 Å². The Labute approximate surface area is 128 Å². The fourth-order valence-corrected chi connectivity index (χ4v) is 3.71. The molecule has 2 aromatic rings. The lowest BCUT2D eigenvalue weighted by molar-refractivity contribution is -0.127. The number of hydrogen-bond donors (Lipinski definition) is 1. The predicted octanol–water partition coefficient (Wildman–Crippen LogP) is 2.95. The number of hydrogen-bond acceptors (Lipinski definition) is 2. The van der Waals surface area contributed by atoms with Crippen molar-refractivity contribution in [2.24, 2.45) is 0 Å². The maximum absolute atomic E-state index is 12.6. The van der Waals surface area contributed by atoms with Gasteiger partial charge in [-0.3, -0.25) is 4.79 Å². The van der Waals surface area contributed by atoms with Crippen LogP contribution in [0.4, 0.5) is 4.79 Å². The highest BCUT2D eigenvalue weighted by Crippen LogP contribution is 2.41. The minimum Gasteiger partial charge on any atom is -0.356 e. The number of benzene rings is 1. The molecule has 2 unspecified atom stereocenters. The van der Waals surface area contributed by atoms with Crippen molar-refractivity contribution in [2.75, 3.05) is 0 Å². The van der Waals surface area contributed by atoms with Crippen molar-refractivity contribution in [3.8, 4) is 0 Å². The molecule has 1 saturated heterocycles. The van der Waals surface area contributed by atoms with E-state index in [1.165, 1.54) is 4.90 Å². The average molecular weight is 295 g/mol. The van der Waals surface area contributed by atoms with Crippen molar-refractivity contribution in [2.45, 2.75) is 32.4 Å². The van der Waals surface area contributed by atoms with E-state index in [2.05, 4.69) is 17.6 Å². The molecule has 2 atom stereocenters. The third kappa shape index (κ3) is 1.48. The second kappa shape index (κ2) is 4.22. The zero-order chi connectivity index (χ0) is 15.6. The quantitative estimate of drug-likeness (QED) is 0.822. The number of nitrogens with zero attached hydrogens (tertiary/aromatic N) is 2. The highest BCUT2D eigenvalue weighted by atomic mass is 16.2. The lowest BCUT2D eigenvalue weighted by Gasteiger charge is -2.33. The smallest absolute Gasteiger partial charge is 0.332 e. The number of nitrogens with one attached hydrogen (secondary N) is 1. The SMILES string of the molecule is C=C(C)N1C(=O)C2Cc3c([nH]c4ccccc34)C(C)N2C1=O. The van der Waals surface area contributed by atoms with E-state index in [1.807, 2.05) is 25.1 Å². The first-order valence-corrected chi connectivity index (χ1v) is 7.42. The van der Waals surface area contributed by atoms with Crippen LogP contribution in [0.15, 0.2) is 36.5 Å². The normalized spacial score (nSPS) is 23.9. The topological polar surface area (TPSA) is 56.4 Å². The van der Waals surface area contributed by atoms with Crippen molar-refractivity contribution in [3.63, 3.8) is 0 Å². The van der Waals surface area contributed by atoms with Gasteiger partial charge in [0.1, 0.15) is 6.04 Å². The van der Waals surface area contributed by atoms with Crippen LogP contribution in [0.5, 0.6) is 0 Å². The third-order valence-electron chi connectivity index (χ3n) is 4.71. The zero-order valence-corrected chi connectivity index (χ0v) is 12.6. The van der Waals surface area contributed by atoms with Crippen LogP contribution < -0.4 is 0 Å². The third-order valence-corrected chi connectivity index (χ3v) is 4.71. The Bertz CT molecular complexity index is 836. The number of para-hydroxylation sites is 1. The van der Waals surface area contributed by atoms with Gasteiger partial charge in [-0.15, -0.1) is 0 Å². The number of imide groups is 1. The molecule has 1 N–H and O–H groups in total. The van der Waals surface area contributed by atoms with Gasteiger partial charge in [0, 0.05) is 28.7 Å². The number of aromatic nitrogens is 1. The first-order valence-electron chi connectivity index (χ1n) is 7.42. The zero-order valence-electron chi connectivity index (χ0n) is 12.6. The molecule has 0 aliphatic carbocycles. The molecule has 2 aliphatic rings. The monoisotopic (exact) mass is 295 g/mol. The Balaban J connectivity index is 1.87. The average Bonchev–Trinajstić information content (AvgIpc) is 2.97. The molecule has 0 bridgehead atoms. The molecule has 5 heteroatoms. The molecule has 0 radical (unpaired) electrons. The molecule has 1 fully saturated rings. The Kier molecular flexibility index (Phi) is 2.52.